The Morgan fingerprint density at radius 1 is 1.50 bits per heavy atom. The standard InChI is InChI=1S/C10H10FNO2/c1-6-4-7(11)9-8(5-6)14-3-2-12-10(9)13/h4-5H,2-3H2,1H3,(H,12,13). The zero-order chi connectivity index (χ0) is 10.1. The second-order valence-electron chi connectivity index (χ2n) is 3.22. The molecule has 0 aromatic heterocycles. The van der Waals surface area contributed by atoms with Gasteiger partial charge in [0, 0.05) is 0 Å². The summed E-state index contributed by atoms with van der Waals surface area (Å²) in [6.07, 6.45) is 0. The van der Waals surface area contributed by atoms with E-state index < -0.39 is 11.7 Å². The second-order valence-corrected chi connectivity index (χ2v) is 3.22. The molecule has 0 aliphatic carbocycles. The Hall–Kier alpha value is -1.58. The number of hydrogen-bond donors (Lipinski definition) is 1. The molecule has 0 radical (unpaired) electrons. The fourth-order valence-electron chi connectivity index (χ4n) is 1.46. The molecule has 1 aliphatic heterocycles. The molecule has 0 spiro atoms. The van der Waals surface area contributed by atoms with Gasteiger partial charge in [-0.2, -0.15) is 0 Å². The number of amides is 1. The minimum Gasteiger partial charge on any atom is -0.491 e. The normalized spacial score (nSPS) is 15.1. The van der Waals surface area contributed by atoms with E-state index in [1.54, 1.807) is 13.0 Å². The van der Waals surface area contributed by atoms with Gasteiger partial charge in [0.05, 0.1) is 6.54 Å². The average Bonchev–Trinajstić information content (AvgIpc) is 2.27. The van der Waals surface area contributed by atoms with Gasteiger partial charge in [0.15, 0.2) is 0 Å². The van der Waals surface area contributed by atoms with E-state index in [1.165, 1.54) is 6.07 Å². The van der Waals surface area contributed by atoms with E-state index in [1.807, 2.05) is 0 Å². The Balaban J connectivity index is 2.58. The fourth-order valence-corrected chi connectivity index (χ4v) is 1.46. The van der Waals surface area contributed by atoms with E-state index in [2.05, 4.69) is 5.32 Å². The highest BCUT2D eigenvalue weighted by Gasteiger charge is 2.20. The number of ether oxygens (including phenoxy) is 1. The zero-order valence-electron chi connectivity index (χ0n) is 7.76. The van der Waals surface area contributed by atoms with Crippen molar-refractivity contribution in [3.05, 3.63) is 29.1 Å². The third-order valence-corrected chi connectivity index (χ3v) is 2.07. The van der Waals surface area contributed by atoms with E-state index in [9.17, 15) is 9.18 Å². The Morgan fingerprint density at radius 2 is 2.29 bits per heavy atom. The predicted molar refractivity (Wildman–Crippen MR) is 49.0 cm³/mol. The number of aryl methyl sites for hydroxylation is 1. The average molecular weight is 195 g/mol. The molecule has 2 rings (SSSR count). The third-order valence-electron chi connectivity index (χ3n) is 2.07. The molecule has 0 saturated heterocycles. The first-order valence-corrected chi connectivity index (χ1v) is 4.39. The number of halogens is 1. The summed E-state index contributed by atoms with van der Waals surface area (Å²) in [7, 11) is 0. The molecule has 14 heavy (non-hydrogen) atoms. The Labute approximate surface area is 80.9 Å². The minimum atomic E-state index is -0.528. The van der Waals surface area contributed by atoms with Crippen LogP contribution in [0.2, 0.25) is 0 Å². The number of benzene rings is 1. The molecule has 1 N–H and O–H groups in total. The van der Waals surface area contributed by atoms with Crippen LogP contribution in [0.4, 0.5) is 4.39 Å². The van der Waals surface area contributed by atoms with Crippen molar-refractivity contribution in [3.8, 4) is 5.75 Å². The molecule has 0 saturated carbocycles. The Bertz CT molecular complexity index is 390. The number of fused-ring (bicyclic) bond motifs is 1. The van der Waals surface area contributed by atoms with E-state index >= 15 is 0 Å². The summed E-state index contributed by atoms with van der Waals surface area (Å²) < 4.78 is 18.7. The molecule has 0 bridgehead atoms. The Kier molecular flexibility index (Phi) is 2.11. The van der Waals surface area contributed by atoms with Gasteiger partial charge in [-0.25, -0.2) is 4.39 Å². The van der Waals surface area contributed by atoms with Crippen molar-refractivity contribution in [3.63, 3.8) is 0 Å². The van der Waals surface area contributed by atoms with E-state index in [-0.39, 0.29) is 5.56 Å². The maximum Gasteiger partial charge on any atom is 0.258 e. The van der Waals surface area contributed by atoms with Gasteiger partial charge in [0.25, 0.3) is 5.91 Å². The molecule has 1 amide bonds. The highest BCUT2D eigenvalue weighted by molar-refractivity contribution is 5.97. The van der Waals surface area contributed by atoms with Crippen LogP contribution in [0.25, 0.3) is 0 Å². The summed E-state index contributed by atoms with van der Waals surface area (Å²) in [6, 6.07) is 3.00. The van der Waals surface area contributed by atoms with Crippen LogP contribution in [0.5, 0.6) is 5.75 Å². The van der Waals surface area contributed by atoms with Crippen molar-refractivity contribution in [1.82, 2.24) is 5.32 Å². The van der Waals surface area contributed by atoms with Crippen molar-refractivity contribution >= 4 is 5.91 Å². The highest BCUT2D eigenvalue weighted by atomic mass is 19.1. The first-order valence-electron chi connectivity index (χ1n) is 4.39. The van der Waals surface area contributed by atoms with Crippen LogP contribution in [0, 0.1) is 12.7 Å². The first kappa shape index (κ1) is 8.99. The maximum atomic E-state index is 13.4. The predicted octanol–water partition coefficient (Wildman–Crippen LogP) is 1.26. The lowest BCUT2D eigenvalue weighted by Crippen LogP contribution is -2.25. The molecule has 0 unspecified atom stereocenters. The molecule has 1 aliphatic rings. The molecule has 1 aromatic rings. The van der Waals surface area contributed by atoms with Gasteiger partial charge >= 0.3 is 0 Å². The molecular weight excluding hydrogens is 185 g/mol. The fraction of sp³-hybridized carbons (Fsp3) is 0.300. The molecule has 1 heterocycles. The summed E-state index contributed by atoms with van der Waals surface area (Å²) in [5.41, 5.74) is 0.754. The summed E-state index contributed by atoms with van der Waals surface area (Å²) in [5.74, 6) is -0.605. The molecule has 1 aromatic carbocycles. The molecular formula is C10H10FNO2. The van der Waals surface area contributed by atoms with Gasteiger partial charge in [0.1, 0.15) is 23.7 Å². The number of hydrogen-bond acceptors (Lipinski definition) is 2. The van der Waals surface area contributed by atoms with Crippen molar-refractivity contribution in [2.24, 2.45) is 0 Å². The van der Waals surface area contributed by atoms with E-state index in [0.717, 1.165) is 5.56 Å². The van der Waals surface area contributed by atoms with Gasteiger partial charge in [-0.05, 0) is 24.6 Å². The molecule has 0 atom stereocenters. The van der Waals surface area contributed by atoms with Crippen LogP contribution in [0.1, 0.15) is 15.9 Å². The van der Waals surface area contributed by atoms with Crippen LogP contribution in [0.15, 0.2) is 12.1 Å². The molecule has 3 nitrogen and oxygen atoms in total. The van der Waals surface area contributed by atoms with Crippen LogP contribution in [-0.2, 0) is 0 Å². The van der Waals surface area contributed by atoms with Crippen molar-refractivity contribution in [2.45, 2.75) is 6.92 Å². The largest absolute Gasteiger partial charge is 0.491 e. The number of carbonyl (C=O) groups excluding carboxylic acids is 1. The molecule has 0 fully saturated rings. The van der Waals surface area contributed by atoms with E-state index in [4.69, 9.17) is 4.74 Å². The third kappa shape index (κ3) is 1.43. The molecule has 4 heteroatoms. The van der Waals surface area contributed by atoms with Gasteiger partial charge in [-0.15, -0.1) is 0 Å². The van der Waals surface area contributed by atoms with Crippen molar-refractivity contribution < 1.29 is 13.9 Å². The quantitative estimate of drug-likeness (QED) is 0.676. The smallest absolute Gasteiger partial charge is 0.258 e. The number of nitrogens with one attached hydrogen (secondary N) is 1. The van der Waals surface area contributed by atoms with Crippen molar-refractivity contribution in [2.75, 3.05) is 13.2 Å². The lowest BCUT2D eigenvalue weighted by molar-refractivity contribution is 0.0953. The maximum absolute atomic E-state index is 13.4. The monoisotopic (exact) mass is 195 g/mol. The lowest BCUT2D eigenvalue weighted by atomic mass is 10.1. The second kappa shape index (κ2) is 3.29. The van der Waals surface area contributed by atoms with Crippen LogP contribution < -0.4 is 10.1 Å². The van der Waals surface area contributed by atoms with Crippen LogP contribution in [0.3, 0.4) is 0 Å². The van der Waals surface area contributed by atoms with Crippen LogP contribution in [-0.4, -0.2) is 19.1 Å². The summed E-state index contributed by atoms with van der Waals surface area (Å²) in [4.78, 5) is 11.4. The number of rotatable bonds is 0. The lowest BCUT2D eigenvalue weighted by Gasteiger charge is -2.06. The van der Waals surface area contributed by atoms with Crippen LogP contribution >= 0.6 is 0 Å². The van der Waals surface area contributed by atoms with Crippen molar-refractivity contribution in [1.29, 1.82) is 0 Å². The first-order chi connectivity index (χ1) is 6.68. The Morgan fingerprint density at radius 3 is 3.07 bits per heavy atom. The van der Waals surface area contributed by atoms with Gasteiger partial charge in [-0.3, -0.25) is 4.79 Å². The summed E-state index contributed by atoms with van der Waals surface area (Å²) in [6.45, 7) is 2.54. The summed E-state index contributed by atoms with van der Waals surface area (Å²) in [5, 5.41) is 2.56. The van der Waals surface area contributed by atoms with Gasteiger partial charge < -0.3 is 10.1 Å². The summed E-state index contributed by atoms with van der Waals surface area (Å²) >= 11 is 0. The SMILES string of the molecule is Cc1cc(F)c2c(c1)OCCNC2=O. The highest BCUT2D eigenvalue weighted by Crippen LogP contribution is 2.24. The topological polar surface area (TPSA) is 38.3 Å². The van der Waals surface area contributed by atoms with Gasteiger partial charge in [0.2, 0.25) is 0 Å². The minimum absolute atomic E-state index is 0.00750. The van der Waals surface area contributed by atoms with Gasteiger partial charge in [-0.1, -0.05) is 0 Å². The van der Waals surface area contributed by atoms with E-state index in [0.29, 0.717) is 18.9 Å². The molecule has 74 valence electrons. The number of carbonyl (C=O) groups is 1. The zero-order valence-corrected chi connectivity index (χ0v) is 7.76.